The third kappa shape index (κ3) is 8.38. The minimum absolute atomic E-state index is 0.205. The zero-order chi connectivity index (χ0) is 73.2. The molecule has 25 aliphatic carbocycles. The van der Waals surface area contributed by atoms with Crippen LogP contribution in [-0.4, -0.2) is 4.87 Å². The van der Waals surface area contributed by atoms with Crippen molar-refractivity contribution in [1.82, 2.24) is 0 Å². The van der Waals surface area contributed by atoms with Gasteiger partial charge in [0.2, 0.25) is 0 Å². The maximum Gasteiger partial charge on any atom is 0.0455 e. The van der Waals surface area contributed by atoms with E-state index in [0.717, 1.165) is 99.6 Å². The molecule has 0 aliphatic heterocycles. The number of alkyl halides is 1. The summed E-state index contributed by atoms with van der Waals surface area (Å²) in [6, 6.07) is 0. The lowest BCUT2D eigenvalue weighted by Gasteiger charge is -2.80. The van der Waals surface area contributed by atoms with Crippen molar-refractivity contribution in [3.05, 3.63) is 33.9 Å². The largest absolute Gasteiger partial charge is 0.119 e. The molecule has 0 radical (unpaired) electrons. The molecular formula is C101H163Cl. The van der Waals surface area contributed by atoms with Gasteiger partial charge >= 0.3 is 0 Å². The Labute approximate surface area is 636 Å². The van der Waals surface area contributed by atoms with E-state index >= 15 is 0 Å². The summed E-state index contributed by atoms with van der Waals surface area (Å²) in [6.07, 6.45) is 55.8. The quantitative estimate of drug-likeness (QED) is 0.191. The van der Waals surface area contributed by atoms with Crippen molar-refractivity contribution in [3.8, 4) is 0 Å². The van der Waals surface area contributed by atoms with E-state index < -0.39 is 0 Å². The highest BCUT2D eigenvalue weighted by molar-refractivity contribution is 6.24. The predicted molar refractivity (Wildman–Crippen MR) is 435 cm³/mol. The first-order chi connectivity index (χ1) is 47.3. The molecule has 0 aromatic heterocycles. The van der Waals surface area contributed by atoms with Crippen LogP contribution in [0.5, 0.6) is 0 Å². The Bertz CT molecular complexity index is 3310. The summed E-state index contributed by atoms with van der Waals surface area (Å²) in [5.41, 5.74) is 20.5. The van der Waals surface area contributed by atoms with Crippen LogP contribution < -0.4 is 0 Å². The summed E-state index contributed by atoms with van der Waals surface area (Å²) >= 11 is 6.87. The molecule has 0 saturated heterocycles. The van der Waals surface area contributed by atoms with Gasteiger partial charge in [0.1, 0.15) is 0 Å². The topological polar surface area (TPSA) is 0 Å². The van der Waals surface area contributed by atoms with Gasteiger partial charge in [-0.2, -0.15) is 0 Å². The van der Waals surface area contributed by atoms with Crippen molar-refractivity contribution >= 4 is 11.6 Å². The van der Waals surface area contributed by atoms with Crippen LogP contribution in [0.4, 0.5) is 0 Å². The van der Waals surface area contributed by atoms with E-state index in [-0.39, 0.29) is 4.87 Å². The number of halogens is 1. The molecule has 1 heteroatoms. The predicted octanol–water partition coefficient (Wildman–Crippen LogP) is 30.3. The maximum absolute atomic E-state index is 6.87. The van der Waals surface area contributed by atoms with E-state index in [1.807, 2.05) is 27.9 Å². The van der Waals surface area contributed by atoms with Crippen LogP contribution in [0.1, 0.15) is 404 Å². The van der Waals surface area contributed by atoms with Gasteiger partial charge in [-0.15, -0.1) is 11.6 Å². The fourth-order valence-corrected chi connectivity index (χ4v) is 41.2. The summed E-state index contributed by atoms with van der Waals surface area (Å²) in [6.45, 7) is 63.6. The number of hydrogen-bond donors (Lipinski definition) is 0. The van der Waals surface area contributed by atoms with Crippen LogP contribution in [0.2, 0.25) is 0 Å². The van der Waals surface area contributed by atoms with Gasteiger partial charge in [0.25, 0.3) is 0 Å². The molecule has 11 atom stereocenters. The molecule has 16 bridgehead atoms. The van der Waals surface area contributed by atoms with Gasteiger partial charge in [0, 0.05) is 15.7 Å². The molecular weight excluding hydrogens is 1250 g/mol. The first-order valence-corrected chi connectivity index (χ1v) is 46.5. The number of rotatable bonds is 2. The number of hydrogen-bond acceptors (Lipinski definition) is 0. The van der Waals surface area contributed by atoms with E-state index in [0.29, 0.717) is 86.6 Å². The lowest BCUT2D eigenvalue weighted by Crippen LogP contribution is -2.74. The second-order valence-corrected chi connectivity index (χ2v) is 50.6. The van der Waals surface area contributed by atoms with Gasteiger partial charge in [-0.25, -0.2) is 0 Å². The van der Waals surface area contributed by atoms with Crippen LogP contribution in [-0.2, 0) is 0 Å². The lowest BCUT2D eigenvalue weighted by molar-refractivity contribution is -0.278. The highest BCUT2D eigenvalue weighted by Crippen LogP contribution is 2.93. The monoisotopic (exact) mass is 1410 g/mol. The second-order valence-electron chi connectivity index (χ2n) is 49.8. The molecule has 0 N–H and O–H groups in total. The third-order valence-electron chi connectivity index (χ3n) is 46.6. The molecule has 0 heterocycles. The van der Waals surface area contributed by atoms with E-state index in [2.05, 4.69) is 179 Å². The van der Waals surface area contributed by atoms with Crippen molar-refractivity contribution in [2.45, 2.75) is 409 Å². The van der Waals surface area contributed by atoms with Gasteiger partial charge < -0.3 is 0 Å². The molecule has 19 fully saturated rings. The summed E-state index contributed by atoms with van der Waals surface area (Å²) < 4.78 is 0. The smallest absolute Gasteiger partial charge is 0.0455 e. The van der Waals surface area contributed by atoms with Crippen LogP contribution in [0, 0.1) is 186 Å². The Hall–Kier alpha value is -0.490. The normalized spacial score (nSPS) is 47.5. The summed E-state index contributed by atoms with van der Waals surface area (Å²) in [7, 11) is 0. The molecule has 19 saturated carbocycles. The zero-order valence-corrected chi connectivity index (χ0v) is 72.8. The van der Waals surface area contributed by atoms with Gasteiger partial charge in [-0.3, -0.25) is 0 Å². The first-order valence-electron chi connectivity index (χ1n) is 46.2. The summed E-state index contributed by atoms with van der Waals surface area (Å²) in [5, 5.41) is 0. The van der Waals surface area contributed by atoms with Crippen LogP contribution in [0.15, 0.2) is 33.9 Å². The van der Waals surface area contributed by atoms with Gasteiger partial charge in [0.15, 0.2) is 0 Å². The van der Waals surface area contributed by atoms with Crippen molar-refractivity contribution in [1.29, 1.82) is 0 Å². The standard InChI is InChI=1S/C22H36.C19H30.C16H25Cl.C16H26.C16H24.C12H22/c1-6-10-15-16-11-7-8-13-18(16)22-14-9-12-17(15)19(22)20(2,3)21(22,4)5;1-17(2)16-14-9-7-11-19(16,18(17,3)4)15-10-6-5-8-13(15)12-14;1-13(2)14(3,4)16(13)11-5-10-6-12(16)9-15(17,7-10)8-11;2*1-14(2)15(3,4)16(14)12-6-10-5-11(8-12)9-13(16)7-10;1-10(2)11(3,4)12(10)8-6-5-7-9-12/h15,17,19H,6-14H2,1-5H3;14,16H,5-12H2,1-4H3;10-12H,5-9H2,1-4H3;10-13H,5-9H2,1-4H3;5,10,12-13H,6-9H2,1-4H3;5-9H2,1-4H3. The SMILES string of the molecule is CC1(C)C(C)(C)C12C1CC3=CC(C1)CC2C3.CC1(C)C(C)(C)C12C1CC3CC(C1)CC2C3.CC1(C)C(C)(C)C12C1CC3CC2CC(Cl)(C3)C1.CC1(C)C(C)(C)C12CCCCC2.CC1(C)C2C3CCCC2(C2=C(CCCC2)C3)C1(C)C.CCCC1C2=C(CCCC2)C23CCCC1C2C(C)(C)C3(C)C. The Kier molecular flexibility index (Phi) is 16.4. The molecule has 0 amide bonds. The molecule has 0 aromatic rings. The first kappa shape index (κ1) is 74.3. The minimum Gasteiger partial charge on any atom is -0.119 e. The molecule has 4 spiro atoms. The van der Waals surface area contributed by atoms with E-state index in [1.165, 1.54) is 199 Å². The lowest BCUT2D eigenvalue weighted by atomic mass is 9.24. The molecule has 574 valence electrons. The highest BCUT2D eigenvalue weighted by Gasteiger charge is 2.87. The maximum atomic E-state index is 6.87. The Morgan fingerprint density at radius 1 is 0.373 bits per heavy atom. The molecule has 0 nitrogen and oxygen atoms in total. The van der Waals surface area contributed by atoms with Crippen molar-refractivity contribution < 1.29 is 0 Å². The Morgan fingerprint density at radius 3 is 1.28 bits per heavy atom. The molecule has 25 aliphatic rings. The Balaban J connectivity index is 0.0000000917. The van der Waals surface area contributed by atoms with Crippen molar-refractivity contribution in [2.24, 2.45) is 186 Å². The number of allylic oxidation sites excluding steroid dienone is 6. The van der Waals surface area contributed by atoms with E-state index in [9.17, 15) is 0 Å². The minimum atomic E-state index is 0.205. The summed E-state index contributed by atoms with van der Waals surface area (Å²) in [5.74, 6) is 15.2. The van der Waals surface area contributed by atoms with E-state index in [1.54, 1.807) is 32.1 Å². The molecule has 0 aromatic carbocycles. The second kappa shape index (κ2) is 22.5. The highest BCUT2D eigenvalue weighted by atomic mass is 35.5. The van der Waals surface area contributed by atoms with Gasteiger partial charge in [0.05, 0.1) is 0 Å². The Morgan fingerprint density at radius 2 is 0.814 bits per heavy atom. The average Bonchev–Trinajstić information content (AvgIpc) is 1.12. The molecule has 102 heavy (non-hydrogen) atoms. The third-order valence-corrected chi connectivity index (χ3v) is 47.0. The van der Waals surface area contributed by atoms with Crippen molar-refractivity contribution in [2.75, 3.05) is 0 Å². The van der Waals surface area contributed by atoms with Crippen LogP contribution >= 0.6 is 11.6 Å². The fourth-order valence-electron chi connectivity index (χ4n) is 40.6. The fraction of sp³-hybridized carbons (Fsp3) is 0.941. The zero-order valence-electron chi connectivity index (χ0n) is 72.1. The van der Waals surface area contributed by atoms with Crippen LogP contribution in [0.25, 0.3) is 0 Å². The van der Waals surface area contributed by atoms with Gasteiger partial charge in [-0.1, -0.05) is 246 Å². The summed E-state index contributed by atoms with van der Waals surface area (Å²) in [4.78, 5) is 0.205. The van der Waals surface area contributed by atoms with Crippen LogP contribution in [0.3, 0.4) is 0 Å². The van der Waals surface area contributed by atoms with Crippen molar-refractivity contribution in [3.63, 3.8) is 0 Å². The molecule has 11 unspecified atom stereocenters. The van der Waals surface area contributed by atoms with Gasteiger partial charge in [-0.05, 0) is 368 Å². The average molecular weight is 1410 g/mol. The van der Waals surface area contributed by atoms with E-state index in [4.69, 9.17) is 11.6 Å². The molecule has 25 rings (SSSR count).